The number of hydrogen-bond acceptors (Lipinski definition) is 6. The van der Waals surface area contributed by atoms with Crippen molar-refractivity contribution in [1.29, 1.82) is 0 Å². The van der Waals surface area contributed by atoms with E-state index in [-0.39, 0.29) is 18.1 Å². The van der Waals surface area contributed by atoms with E-state index in [1.165, 1.54) is 6.07 Å². The van der Waals surface area contributed by atoms with Crippen molar-refractivity contribution in [2.24, 2.45) is 0 Å². The second kappa shape index (κ2) is 5.84. The molecule has 6 heteroatoms. The van der Waals surface area contributed by atoms with Crippen molar-refractivity contribution in [3.63, 3.8) is 0 Å². The van der Waals surface area contributed by atoms with Crippen molar-refractivity contribution in [3.8, 4) is 11.5 Å². The van der Waals surface area contributed by atoms with Gasteiger partial charge in [-0.1, -0.05) is 12.1 Å². The molecule has 6 nitrogen and oxygen atoms in total. The molecule has 1 heterocycles. The third kappa shape index (κ3) is 3.16. The molecule has 1 aromatic heterocycles. The lowest BCUT2D eigenvalue weighted by Gasteiger charge is -2.06. The fraction of sp³-hybridized carbons (Fsp3) is 0.0588. The largest absolute Gasteiger partial charge is 0.508 e. The van der Waals surface area contributed by atoms with E-state index in [1.807, 2.05) is 0 Å². The Morgan fingerprint density at radius 1 is 1.04 bits per heavy atom. The number of carbonyl (C=O) groups is 1. The van der Waals surface area contributed by atoms with Gasteiger partial charge in [-0.25, -0.2) is 4.79 Å². The molecular formula is C17H12O6. The Kier molecular flexibility index (Phi) is 3.72. The maximum atomic E-state index is 12.0. The first-order chi connectivity index (χ1) is 11.0. The summed E-state index contributed by atoms with van der Waals surface area (Å²) in [6.07, 6.45) is 0.897. The summed E-state index contributed by atoms with van der Waals surface area (Å²) in [5.41, 5.74) is -0.267. The van der Waals surface area contributed by atoms with Gasteiger partial charge in [0.25, 0.3) is 0 Å². The molecule has 0 saturated carbocycles. The lowest BCUT2D eigenvalue weighted by Crippen LogP contribution is -2.07. The molecule has 0 fully saturated rings. The van der Waals surface area contributed by atoms with Crippen LogP contribution in [0.5, 0.6) is 11.5 Å². The molecule has 0 spiro atoms. The Labute approximate surface area is 130 Å². The summed E-state index contributed by atoms with van der Waals surface area (Å²) in [4.78, 5) is 23.3. The van der Waals surface area contributed by atoms with Gasteiger partial charge in [-0.3, -0.25) is 4.79 Å². The highest BCUT2D eigenvalue weighted by Gasteiger charge is 2.10. The van der Waals surface area contributed by atoms with Gasteiger partial charge in [0.1, 0.15) is 24.4 Å². The molecule has 0 aliphatic carbocycles. The highest BCUT2D eigenvalue weighted by Crippen LogP contribution is 2.21. The smallest absolute Gasteiger partial charge is 0.338 e. The van der Waals surface area contributed by atoms with E-state index in [2.05, 4.69) is 0 Å². The number of carbonyl (C=O) groups excluding carboxylic acids is 1. The van der Waals surface area contributed by atoms with Crippen LogP contribution in [0, 0.1) is 0 Å². The van der Waals surface area contributed by atoms with Crippen LogP contribution in [0.3, 0.4) is 0 Å². The molecule has 23 heavy (non-hydrogen) atoms. The molecule has 0 saturated heterocycles. The van der Waals surface area contributed by atoms with E-state index in [9.17, 15) is 14.7 Å². The van der Waals surface area contributed by atoms with Crippen molar-refractivity contribution in [3.05, 3.63) is 70.3 Å². The van der Waals surface area contributed by atoms with Crippen LogP contribution in [-0.2, 0) is 11.3 Å². The number of aromatic hydroxyl groups is 2. The zero-order chi connectivity index (χ0) is 16.4. The summed E-state index contributed by atoms with van der Waals surface area (Å²) in [6, 6.07) is 10.8. The molecular weight excluding hydrogens is 300 g/mol. The summed E-state index contributed by atoms with van der Waals surface area (Å²) >= 11 is 0. The summed E-state index contributed by atoms with van der Waals surface area (Å²) in [5, 5.41) is 20.1. The number of esters is 1. The van der Waals surface area contributed by atoms with Crippen molar-refractivity contribution in [2.75, 3.05) is 0 Å². The molecule has 0 amide bonds. The molecule has 0 atom stereocenters. The maximum absolute atomic E-state index is 12.0. The van der Waals surface area contributed by atoms with Crippen molar-refractivity contribution in [1.82, 2.24) is 0 Å². The third-order valence-electron chi connectivity index (χ3n) is 3.27. The van der Waals surface area contributed by atoms with Crippen LogP contribution in [0.25, 0.3) is 10.8 Å². The minimum Gasteiger partial charge on any atom is -0.508 e. The topological polar surface area (TPSA) is 97.0 Å². The van der Waals surface area contributed by atoms with Gasteiger partial charge < -0.3 is 19.4 Å². The molecule has 3 rings (SSSR count). The Morgan fingerprint density at radius 3 is 2.57 bits per heavy atom. The monoisotopic (exact) mass is 312 g/mol. The Bertz CT molecular complexity index is 941. The number of phenolic OH excluding ortho intramolecular Hbond substituents is 1. The Balaban J connectivity index is 1.76. The van der Waals surface area contributed by atoms with Crippen LogP contribution in [0.15, 0.2) is 57.9 Å². The summed E-state index contributed by atoms with van der Waals surface area (Å²) < 4.78 is 10.0. The van der Waals surface area contributed by atoms with E-state index < -0.39 is 17.1 Å². The SMILES string of the molecule is O=C(OCc1cc(=O)c(O)co1)c1ccc2cc(O)ccc2c1. The van der Waals surface area contributed by atoms with E-state index in [0.29, 0.717) is 5.56 Å². The van der Waals surface area contributed by atoms with Gasteiger partial charge >= 0.3 is 5.97 Å². The van der Waals surface area contributed by atoms with Crippen LogP contribution in [0.4, 0.5) is 0 Å². The second-order valence-electron chi connectivity index (χ2n) is 4.92. The molecule has 0 aliphatic rings. The first-order valence-electron chi connectivity index (χ1n) is 6.73. The average molecular weight is 312 g/mol. The first-order valence-corrected chi connectivity index (χ1v) is 6.73. The molecule has 0 unspecified atom stereocenters. The van der Waals surface area contributed by atoms with Crippen LogP contribution in [0.2, 0.25) is 0 Å². The zero-order valence-electron chi connectivity index (χ0n) is 11.9. The normalized spacial score (nSPS) is 10.6. The highest BCUT2D eigenvalue weighted by atomic mass is 16.5. The Morgan fingerprint density at radius 2 is 1.78 bits per heavy atom. The van der Waals surface area contributed by atoms with Crippen LogP contribution >= 0.6 is 0 Å². The van der Waals surface area contributed by atoms with E-state index in [1.54, 1.807) is 30.3 Å². The highest BCUT2D eigenvalue weighted by molar-refractivity contribution is 5.95. The van der Waals surface area contributed by atoms with Crippen molar-refractivity contribution >= 4 is 16.7 Å². The minimum absolute atomic E-state index is 0.131. The van der Waals surface area contributed by atoms with E-state index in [0.717, 1.165) is 23.1 Å². The fourth-order valence-electron chi connectivity index (χ4n) is 2.10. The average Bonchev–Trinajstić information content (AvgIpc) is 2.55. The van der Waals surface area contributed by atoms with Gasteiger partial charge in [-0.2, -0.15) is 0 Å². The predicted molar refractivity (Wildman–Crippen MR) is 81.4 cm³/mol. The van der Waals surface area contributed by atoms with Gasteiger partial charge in [0, 0.05) is 6.07 Å². The number of benzene rings is 2. The maximum Gasteiger partial charge on any atom is 0.338 e. The standard InChI is InChI=1S/C17H12O6/c18-13-4-3-10-5-12(2-1-11(10)6-13)17(21)23-8-14-7-15(19)16(20)9-22-14/h1-7,9,18,20H,8H2. The predicted octanol–water partition coefficient (Wildman–Crippen LogP) is 2.56. The van der Waals surface area contributed by atoms with Gasteiger partial charge in [0.15, 0.2) is 5.75 Å². The molecule has 0 radical (unpaired) electrons. The van der Waals surface area contributed by atoms with Gasteiger partial charge in [0.05, 0.1) is 5.56 Å². The van der Waals surface area contributed by atoms with Crippen molar-refractivity contribution < 1.29 is 24.2 Å². The summed E-state index contributed by atoms with van der Waals surface area (Å²) in [7, 11) is 0. The van der Waals surface area contributed by atoms with E-state index >= 15 is 0 Å². The second-order valence-corrected chi connectivity index (χ2v) is 4.92. The molecule has 0 aliphatic heterocycles. The number of phenols is 1. The molecule has 0 bridgehead atoms. The van der Waals surface area contributed by atoms with Crippen LogP contribution in [0.1, 0.15) is 16.1 Å². The summed E-state index contributed by atoms with van der Waals surface area (Å²) in [5.74, 6) is -0.796. The number of fused-ring (bicyclic) bond motifs is 1. The number of rotatable bonds is 3. The fourth-order valence-corrected chi connectivity index (χ4v) is 2.10. The third-order valence-corrected chi connectivity index (χ3v) is 3.27. The molecule has 2 aromatic carbocycles. The van der Waals surface area contributed by atoms with Gasteiger partial charge in [-0.05, 0) is 35.0 Å². The molecule has 3 aromatic rings. The van der Waals surface area contributed by atoms with Gasteiger partial charge in [0.2, 0.25) is 5.43 Å². The Hall–Kier alpha value is -3.28. The van der Waals surface area contributed by atoms with Crippen LogP contribution in [-0.4, -0.2) is 16.2 Å². The van der Waals surface area contributed by atoms with Gasteiger partial charge in [-0.15, -0.1) is 0 Å². The summed E-state index contributed by atoms with van der Waals surface area (Å²) in [6.45, 7) is -0.220. The zero-order valence-corrected chi connectivity index (χ0v) is 11.9. The molecule has 2 N–H and O–H groups in total. The number of ether oxygens (including phenoxy) is 1. The quantitative estimate of drug-likeness (QED) is 0.721. The number of hydrogen-bond donors (Lipinski definition) is 2. The first kappa shape index (κ1) is 14.6. The van der Waals surface area contributed by atoms with Crippen LogP contribution < -0.4 is 5.43 Å². The lowest BCUT2D eigenvalue weighted by atomic mass is 10.1. The minimum atomic E-state index is -0.604. The lowest BCUT2D eigenvalue weighted by molar-refractivity contribution is 0.0443. The van der Waals surface area contributed by atoms with E-state index in [4.69, 9.17) is 14.3 Å². The van der Waals surface area contributed by atoms with Crippen molar-refractivity contribution in [2.45, 2.75) is 6.61 Å². The molecule has 116 valence electrons.